The Labute approximate surface area is 122 Å². The van der Waals surface area contributed by atoms with Crippen LogP contribution in [-0.2, 0) is 4.74 Å². The molecule has 0 N–H and O–H groups in total. The lowest BCUT2D eigenvalue weighted by Gasteiger charge is -2.04. The number of hydrogen-bond donors (Lipinski definition) is 0. The molecule has 3 heteroatoms. The highest BCUT2D eigenvalue weighted by Crippen LogP contribution is 2.10. The van der Waals surface area contributed by atoms with Crippen molar-refractivity contribution in [2.45, 2.75) is 27.7 Å². The maximum absolute atomic E-state index is 11.3. The highest BCUT2D eigenvalue weighted by atomic mass is 16.7. The standard InChI is InChI=1S/C13H12O3.2C2H6/c1-3-8-11(4-2)15-13(14)16-12-9-6-5-7-10-12;2*1-2/h3-10H,1-2H2;2*1-2H3/b11-8+;;. The maximum Gasteiger partial charge on any atom is 0.519 e. The van der Waals surface area contributed by atoms with Gasteiger partial charge in [-0.2, -0.15) is 0 Å². The van der Waals surface area contributed by atoms with E-state index in [1.807, 2.05) is 33.8 Å². The van der Waals surface area contributed by atoms with Gasteiger partial charge in [0.25, 0.3) is 0 Å². The van der Waals surface area contributed by atoms with Gasteiger partial charge in [-0.1, -0.05) is 65.1 Å². The quantitative estimate of drug-likeness (QED) is 0.315. The van der Waals surface area contributed by atoms with E-state index in [-0.39, 0.29) is 5.76 Å². The molecule has 0 aliphatic carbocycles. The third-order valence-electron chi connectivity index (χ3n) is 1.63. The van der Waals surface area contributed by atoms with Crippen LogP contribution in [0, 0.1) is 0 Å². The van der Waals surface area contributed by atoms with Gasteiger partial charge in [0.15, 0.2) is 0 Å². The van der Waals surface area contributed by atoms with Crippen molar-refractivity contribution in [3.8, 4) is 5.75 Å². The van der Waals surface area contributed by atoms with E-state index in [0.29, 0.717) is 5.75 Å². The van der Waals surface area contributed by atoms with Crippen molar-refractivity contribution in [1.82, 2.24) is 0 Å². The van der Waals surface area contributed by atoms with Crippen molar-refractivity contribution in [3.63, 3.8) is 0 Å². The molecule has 20 heavy (non-hydrogen) atoms. The van der Waals surface area contributed by atoms with Gasteiger partial charge in [0, 0.05) is 0 Å². The van der Waals surface area contributed by atoms with Gasteiger partial charge in [-0.15, -0.1) is 0 Å². The van der Waals surface area contributed by atoms with Crippen molar-refractivity contribution in [1.29, 1.82) is 0 Å². The zero-order valence-corrected chi connectivity index (χ0v) is 12.8. The van der Waals surface area contributed by atoms with E-state index in [1.165, 1.54) is 18.2 Å². The van der Waals surface area contributed by atoms with Crippen LogP contribution < -0.4 is 4.74 Å². The zero-order chi connectivity index (χ0) is 15.8. The second-order valence-corrected chi connectivity index (χ2v) is 2.78. The molecule has 0 aliphatic heterocycles. The summed E-state index contributed by atoms with van der Waals surface area (Å²) >= 11 is 0. The van der Waals surface area contributed by atoms with Gasteiger partial charge in [0.1, 0.15) is 11.5 Å². The van der Waals surface area contributed by atoms with Crippen LogP contribution in [0.25, 0.3) is 0 Å². The van der Waals surface area contributed by atoms with Crippen molar-refractivity contribution in [2.24, 2.45) is 0 Å². The van der Waals surface area contributed by atoms with E-state index >= 15 is 0 Å². The molecule has 0 fully saturated rings. The van der Waals surface area contributed by atoms with Crippen LogP contribution in [0.4, 0.5) is 4.79 Å². The summed E-state index contributed by atoms with van der Waals surface area (Å²) in [6, 6.07) is 8.66. The molecule has 1 aromatic carbocycles. The van der Waals surface area contributed by atoms with Gasteiger partial charge in [-0.05, 0) is 24.3 Å². The molecule has 0 radical (unpaired) electrons. The van der Waals surface area contributed by atoms with Gasteiger partial charge in [-0.25, -0.2) is 4.79 Å². The Morgan fingerprint density at radius 2 is 1.60 bits per heavy atom. The van der Waals surface area contributed by atoms with Crippen molar-refractivity contribution < 1.29 is 14.3 Å². The third kappa shape index (κ3) is 9.71. The average Bonchev–Trinajstić information content (AvgIpc) is 2.51. The molecule has 0 aromatic heterocycles. The fourth-order valence-corrected chi connectivity index (χ4v) is 0.962. The van der Waals surface area contributed by atoms with Gasteiger partial charge >= 0.3 is 6.16 Å². The largest absolute Gasteiger partial charge is 0.519 e. The highest BCUT2D eigenvalue weighted by Gasteiger charge is 2.06. The van der Waals surface area contributed by atoms with E-state index in [1.54, 1.807) is 24.3 Å². The summed E-state index contributed by atoms with van der Waals surface area (Å²) in [6.07, 6.45) is 3.60. The Kier molecular flexibility index (Phi) is 14.8. The first-order valence-corrected chi connectivity index (χ1v) is 6.66. The van der Waals surface area contributed by atoms with E-state index < -0.39 is 6.16 Å². The number of ether oxygens (including phenoxy) is 2. The number of para-hydroxylation sites is 1. The second-order valence-electron chi connectivity index (χ2n) is 2.78. The molecule has 0 heterocycles. The van der Waals surface area contributed by atoms with Crippen LogP contribution in [0.15, 0.2) is 67.5 Å². The number of carbonyl (C=O) groups is 1. The first-order chi connectivity index (χ1) is 9.76. The molecule has 0 spiro atoms. The topological polar surface area (TPSA) is 35.5 Å². The summed E-state index contributed by atoms with van der Waals surface area (Å²) in [6.45, 7) is 15.0. The van der Waals surface area contributed by atoms with Crippen molar-refractivity contribution >= 4 is 6.16 Å². The first kappa shape index (κ1) is 20.0. The molecular formula is C17H24O3. The summed E-state index contributed by atoms with van der Waals surface area (Å²) in [5.41, 5.74) is 0. The summed E-state index contributed by atoms with van der Waals surface area (Å²) < 4.78 is 9.76. The molecule has 0 unspecified atom stereocenters. The Balaban J connectivity index is 0. The molecule has 0 amide bonds. The Hall–Kier alpha value is -2.29. The van der Waals surface area contributed by atoms with Crippen LogP contribution in [0.3, 0.4) is 0 Å². The minimum atomic E-state index is -0.806. The molecule has 3 nitrogen and oxygen atoms in total. The number of allylic oxidation sites excluding steroid dienone is 3. The molecule has 0 saturated heterocycles. The van der Waals surface area contributed by atoms with E-state index in [4.69, 9.17) is 9.47 Å². The van der Waals surface area contributed by atoms with E-state index in [2.05, 4.69) is 13.2 Å². The molecule has 1 rings (SSSR count). The summed E-state index contributed by atoms with van der Waals surface area (Å²) in [5, 5.41) is 0. The zero-order valence-electron chi connectivity index (χ0n) is 12.8. The molecule has 110 valence electrons. The lowest BCUT2D eigenvalue weighted by Crippen LogP contribution is -2.09. The maximum atomic E-state index is 11.3. The predicted molar refractivity (Wildman–Crippen MR) is 84.7 cm³/mol. The predicted octanol–water partition coefficient (Wildman–Crippen LogP) is 5.51. The lowest BCUT2D eigenvalue weighted by molar-refractivity contribution is 0.129. The Morgan fingerprint density at radius 1 is 1.05 bits per heavy atom. The van der Waals surface area contributed by atoms with E-state index in [0.717, 1.165) is 0 Å². The Bertz CT molecular complexity index is 406. The summed E-state index contributed by atoms with van der Waals surface area (Å²) in [4.78, 5) is 11.3. The van der Waals surface area contributed by atoms with Crippen molar-refractivity contribution in [3.05, 3.63) is 67.5 Å². The van der Waals surface area contributed by atoms with Crippen molar-refractivity contribution in [2.75, 3.05) is 0 Å². The number of hydrogen-bond acceptors (Lipinski definition) is 3. The van der Waals surface area contributed by atoms with Crippen LogP contribution >= 0.6 is 0 Å². The van der Waals surface area contributed by atoms with Gasteiger partial charge in [0.2, 0.25) is 0 Å². The van der Waals surface area contributed by atoms with Crippen LogP contribution in [-0.4, -0.2) is 6.16 Å². The summed E-state index contributed by atoms with van der Waals surface area (Å²) in [7, 11) is 0. The Morgan fingerprint density at radius 3 is 2.05 bits per heavy atom. The van der Waals surface area contributed by atoms with Crippen LogP contribution in [0.2, 0.25) is 0 Å². The highest BCUT2D eigenvalue weighted by molar-refractivity contribution is 5.65. The molecule has 0 saturated carbocycles. The second kappa shape index (κ2) is 14.8. The average molecular weight is 276 g/mol. The molecule has 0 aliphatic rings. The smallest absolute Gasteiger partial charge is 0.395 e. The monoisotopic (exact) mass is 276 g/mol. The summed E-state index contributed by atoms with van der Waals surface area (Å²) in [5.74, 6) is 0.713. The normalized spacial score (nSPS) is 8.90. The van der Waals surface area contributed by atoms with Gasteiger partial charge < -0.3 is 9.47 Å². The molecule has 0 bridgehead atoms. The lowest BCUT2D eigenvalue weighted by atomic mass is 10.3. The fraction of sp³-hybridized carbons (Fsp3) is 0.235. The molecule has 1 aromatic rings. The molecular weight excluding hydrogens is 252 g/mol. The van der Waals surface area contributed by atoms with Crippen LogP contribution in [0.5, 0.6) is 5.75 Å². The number of carbonyl (C=O) groups excluding carboxylic acids is 1. The van der Waals surface area contributed by atoms with Crippen LogP contribution in [0.1, 0.15) is 27.7 Å². The third-order valence-corrected chi connectivity index (χ3v) is 1.63. The van der Waals surface area contributed by atoms with E-state index in [9.17, 15) is 4.79 Å². The molecule has 0 atom stereocenters. The fourth-order valence-electron chi connectivity index (χ4n) is 0.962. The minimum Gasteiger partial charge on any atom is -0.395 e. The number of rotatable bonds is 4. The van der Waals surface area contributed by atoms with Gasteiger partial charge in [0.05, 0.1) is 0 Å². The first-order valence-electron chi connectivity index (χ1n) is 6.66. The van der Waals surface area contributed by atoms with Gasteiger partial charge in [-0.3, -0.25) is 0 Å². The minimum absolute atomic E-state index is 0.288. The number of benzene rings is 1. The SMILES string of the molecule is C=C/C=C(\C=C)OC(=O)Oc1ccccc1.CC.CC.